The summed E-state index contributed by atoms with van der Waals surface area (Å²) in [4.78, 5) is 7.96. The van der Waals surface area contributed by atoms with Crippen LogP contribution in [0.3, 0.4) is 0 Å². The molecule has 5 heteroatoms. The van der Waals surface area contributed by atoms with Crippen molar-refractivity contribution in [3.8, 4) is 22.9 Å². The quantitative estimate of drug-likeness (QED) is 0.711. The van der Waals surface area contributed by atoms with Gasteiger partial charge in [0.2, 0.25) is 0 Å². The number of hydrogen-bond acceptors (Lipinski definition) is 3. The summed E-state index contributed by atoms with van der Waals surface area (Å²) in [6.45, 7) is 5.12. The molecule has 0 atom stereocenters. The summed E-state index contributed by atoms with van der Waals surface area (Å²) in [5, 5.41) is 0. The van der Waals surface area contributed by atoms with Gasteiger partial charge in [0.05, 0.1) is 24.2 Å². The Morgan fingerprint density at radius 1 is 1.00 bits per heavy atom. The molecule has 3 aromatic rings. The van der Waals surface area contributed by atoms with Crippen LogP contribution in [0, 0.1) is 0 Å². The van der Waals surface area contributed by atoms with Gasteiger partial charge < -0.3 is 14.5 Å². The van der Waals surface area contributed by atoms with Crippen molar-refractivity contribution in [3.05, 3.63) is 40.9 Å². The van der Waals surface area contributed by atoms with Crippen LogP contribution in [0.25, 0.3) is 22.4 Å². The molecule has 0 aliphatic heterocycles. The van der Waals surface area contributed by atoms with Crippen molar-refractivity contribution in [1.29, 1.82) is 0 Å². The van der Waals surface area contributed by atoms with Gasteiger partial charge in [0, 0.05) is 10.0 Å². The summed E-state index contributed by atoms with van der Waals surface area (Å²) in [5.41, 5.74) is 2.90. The van der Waals surface area contributed by atoms with Crippen LogP contribution in [0.4, 0.5) is 0 Å². The van der Waals surface area contributed by atoms with Gasteiger partial charge in [0.15, 0.2) is 11.5 Å². The monoisotopic (exact) mass is 360 g/mol. The molecule has 22 heavy (non-hydrogen) atoms. The zero-order valence-corrected chi connectivity index (χ0v) is 14.1. The number of rotatable bonds is 5. The minimum absolute atomic E-state index is 0.594. The maximum Gasteiger partial charge on any atom is 0.161 e. The molecule has 4 nitrogen and oxygen atoms in total. The SMILES string of the molecule is CCOc1ccc(-c2nc3ccc(Br)cc3[nH]2)cc1OCC. The average Bonchev–Trinajstić information content (AvgIpc) is 2.92. The van der Waals surface area contributed by atoms with Crippen molar-refractivity contribution < 1.29 is 9.47 Å². The first-order valence-corrected chi connectivity index (χ1v) is 8.06. The highest BCUT2D eigenvalue weighted by Gasteiger charge is 2.10. The number of halogens is 1. The number of H-pyrrole nitrogens is 1. The predicted molar refractivity (Wildman–Crippen MR) is 91.6 cm³/mol. The van der Waals surface area contributed by atoms with Gasteiger partial charge in [-0.15, -0.1) is 0 Å². The van der Waals surface area contributed by atoms with E-state index < -0.39 is 0 Å². The number of fused-ring (bicyclic) bond motifs is 1. The van der Waals surface area contributed by atoms with Crippen molar-refractivity contribution in [1.82, 2.24) is 9.97 Å². The Hall–Kier alpha value is -2.01. The van der Waals surface area contributed by atoms with Crippen LogP contribution in [-0.2, 0) is 0 Å². The lowest BCUT2D eigenvalue weighted by Gasteiger charge is -2.11. The maximum absolute atomic E-state index is 5.67. The van der Waals surface area contributed by atoms with Gasteiger partial charge in [-0.25, -0.2) is 4.98 Å². The fourth-order valence-electron chi connectivity index (χ4n) is 2.32. The summed E-state index contributed by atoms with van der Waals surface area (Å²) >= 11 is 3.47. The molecule has 0 spiro atoms. The average molecular weight is 361 g/mol. The van der Waals surface area contributed by atoms with Gasteiger partial charge in [-0.3, -0.25) is 0 Å². The van der Waals surface area contributed by atoms with Crippen molar-refractivity contribution in [2.24, 2.45) is 0 Å². The standard InChI is InChI=1S/C17H17BrN2O2/c1-3-21-15-8-5-11(9-16(15)22-4-2)17-19-13-7-6-12(18)10-14(13)20-17/h5-10H,3-4H2,1-2H3,(H,19,20). The Labute approximate surface area is 137 Å². The summed E-state index contributed by atoms with van der Waals surface area (Å²) < 4.78 is 12.3. The zero-order valence-electron chi connectivity index (χ0n) is 12.5. The third-order valence-electron chi connectivity index (χ3n) is 3.26. The molecule has 0 bridgehead atoms. The van der Waals surface area contributed by atoms with E-state index >= 15 is 0 Å². The third-order valence-corrected chi connectivity index (χ3v) is 3.75. The first-order valence-electron chi connectivity index (χ1n) is 7.26. The van der Waals surface area contributed by atoms with Gasteiger partial charge in [0.1, 0.15) is 5.82 Å². The molecule has 1 N–H and O–H groups in total. The molecular weight excluding hydrogens is 344 g/mol. The van der Waals surface area contributed by atoms with Crippen LogP contribution >= 0.6 is 15.9 Å². The molecule has 114 valence electrons. The Bertz CT molecular complexity index is 798. The molecule has 0 aliphatic rings. The number of imidazole rings is 1. The van der Waals surface area contributed by atoms with Crippen LogP contribution in [-0.4, -0.2) is 23.2 Å². The molecule has 0 saturated carbocycles. The second-order valence-electron chi connectivity index (χ2n) is 4.77. The molecule has 1 aromatic heterocycles. The number of benzene rings is 2. The first kappa shape index (κ1) is 14.9. The minimum Gasteiger partial charge on any atom is -0.490 e. The molecule has 0 aliphatic carbocycles. The van der Waals surface area contributed by atoms with Crippen LogP contribution in [0.15, 0.2) is 40.9 Å². The largest absolute Gasteiger partial charge is 0.490 e. The van der Waals surface area contributed by atoms with E-state index in [-0.39, 0.29) is 0 Å². The highest BCUT2D eigenvalue weighted by Crippen LogP contribution is 2.32. The molecule has 2 aromatic carbocycles. The van der Waals surface area contributed by atoms with E-state index in [2.05, 4.69) is 25.9 Å². The molecule has 0 amide bonds. The molecular formula is C17H17BrN2O2. The molecule has 3 rings (SSSR count). The number of aromatic nitrogens is 2. The number of nitrogens with one attached hydrogen (secondary N) is 1. The molecule has 0 saturated heterocycles. The van der Waals surface area contributed by atoms with E-state index in [4.69, 9.17) is 9.47 Å². The summed E-state index contributed by atoms with van der Waals surface area (Å²) in [6.07, 6.45) is 0. The van der Waals surface area contributed by atoms with E-state index in [1.807, 2.05) is 50.2 Å². The topological polar surface area (TPSA) is 47.1 Å². The van der Waals surface area contributed by atoms with Gasteiger partial charge in [0.25, 0.3) is 0 Å². The van der Waals surface area contributed by atoms with Gasteiger partial charge in [-0.1, -0.05) is 15.9 Å². The number of hydrogen-bond donors (Lipinski definition) is 1. The highest BCUT2D eigenvalue weighted by molar-refractivity contribution is 9.10. The Balaban J connectivity index is 2.03. The van der Waals surface area contributed by atoms with Crippen molar-refractivity contribution in [2.45, 2.75) is 13.8 Å². The smallest absolute Gasteiger partial charge is 0.161 e. The van der Waals surface area contributed by atoms with Gasteiger partial charge in [-0.05, 0) is 50.2 Å². The first-order chi connectivity index (χ1) is 10.7. The van der Waals surface area contributed by atoms with E-state index in [1.165, 1.54) is 0 Å². The van der Waals surface area contributed by atoms with E-state index in [0.717, 1.165) is 38.4 Å². The number of nitrogens with zero attached hydrogens (tertiary/aromatic N) is 1. The summed E-state index contributed by atoms with van der Waals surface area (Å²) in [7, 11) is 0. The molecule has 0 fully saturated rings. The molecule has 0 radical (unpaired) electrons. The van der Waals surface area contributed by atoms with Gasteiger partial charge in [-0.2, -0.15) is 0 Å². The number of ether oxygens (including phenoxy) is 2. The lowest BCUT2D eigenvalue weighted by atomic mass is 10.2. The van der Waals surface area contributed by atoms with Crippen LogP contribution in [0.2, 0.25) is 0 Å². The lowest BCUT2D eigenvalue weighted by Crippen LogP contribution is -1.98. The van der Waals surface area contributed by atoms with Crippen LogP contribution in [0.5, 0.6) is 11.5 Å². The predicted octanol–water partition coefficient (Wildman–Crippen LogP) is 4.79. The summed E-state index contributed by atoms with van der Waals surface area (Å²) in [5.74, 6) is 2.31. The molecule has 0 unspecified atom stereocenters. The number of aromatic amines is 1. The Kier molecular flexibility index (Phi) is 4.34. The second-order valence-corrected chi connectivity index (χ2v) is 5.69. The normalized spacial score (nSPS) is 10.9. The lowest BCUT2D eigenvalue weighted by molar-refractivity contribution is 0.288. The third kappa shape index (κ3) is 2.95. The highest BCUT2D eigenvalue weighted by atomic mass is 79.9. The van der Waals surface area contributed by atoms with Gasteiger partial charge >= 0.3 is 0 Å². The van der Waals surface area contributed by atoms with Crippen LogP contribution in [0.1, 0.15) is 13.8 Å². The Morgan fingerprint density at radius 2 is 1.77 bits per heavy atom. The van der Waals surface area contributed by atoms with Crippen molar-refractivity contribution in [2.75, 3.05) is 13.2 Å². The fourth-order valence-corrected chi connectivity index (χ4v) is 2.68. The zero-order chi connectivity index (χ0) is 15.5. The maximum atomic E-state index is 5.67. The molecule has 1 heterocycles. The van der Waals surface area contributed by atoms with Crippen molar-refractivity contribution >= 4 is 27.0 Å². The van der Waals surface area contributed by atoms with E-state index in [0.29, 0.717) is 13.2 Å². The van der Waals surface area contributed by atoms with Crippen molar-refractivity contribution in [3.63, 3.8) is 0 Å². The van der Waals surface area contributed by atoms with E-state index in [1.54, 1.807) is 0 Å². The van der Waals surface area contributed by atoms with E-state index in [9.17, 15) is 0 Å². The Morgan fingerprint density at radius 3 is 2.55 bits per heavy atom. The second kappa shape index (κ2) is 6.40. The van der Waals surface area contributed by atoms with Crippen LogP contribution < -0.4 is 9.47 Å². The fraction of sp³-hybridized carbons (Fsp3) is 0.235. The minimum atomic E-state index is 0.594. The summed E-state index contributed by atoms with van der Waals surface area (Å²) in [6, 6.07) is 11.9.